The molecule has 1 aromatic carbocycles. The topological polar surface area (TPSA) is 116 Å². The first-order valence-corrected chi connectivity index (χ1v) is 8.24. The summed E-state index contributed by atoms with van der Waals surface area (Å²) in [7, 11) is -3.73. The number of sulfonamides is 1. The first-order valence-electron chi connectivity index (χ1n) is 5.97. The third-order valence-electron chi connectivity index (χ3n) is 2.46. The Labute approximate surface area is 131 Å². The molecule has 0 aliphatic heterocycles. The van der Waals surface area contributed by atoms with Gasteiger partial charge in [-0.3, -0.25) is 9.59 Å². The first-order chi connectivity index (χ1) is 9.74. The minimum Gasteiger partial charge on any atom is -0.453 e. The van der Waals surface area contributed by atoms with Gasteiger partial charge < -0.3 is 10.5 Å². The molecule has 1 rings (SSSR count). The average molecular weight is 379 g/mol. The van der Waals surface area contributed by atoms with Crippen LogP contribution in [0.2, 0.25) is 0 Å². The lowest BCUT2D eigenvalue weighted by Crippen LogP contribution is -2.32. The standard InChI is InChI=1S/C12H15BrN2O5S/c1-8(12(14)17)20-11(16)6-7-15-21(18,19)10-5-3-2-4-9(10)13/h2-5,8,15H,6-7H2,1H3,(H2,14,17)/t8-/m1/s1. The molecule has 0 fully saturated rings. The van der Waals surface area contributed by atoms with Crippen molar-refractivity contribution in [2.24, 2.45) is 5.73 Å². The summed E-state index contributed by atoms with van der Waals surface area (Å²) in [4.78, 5) is 22.2. The van der Waals surface area contributed by atoms with Gasteiger partial charge in [-0.1, -0.05) is 12.1 Å². The molecule has 21 heavy (non-hydrogen) atoms. The summed E-state index contributed by atoms with van der Waals surface area (Å²) in [5.74, 6) is -1.48. The normalized spacial score (nSPS) is 12.7. The molecule has 116 valence electrons. The second kappa shape index (κ2) is 7.53. The van der Waals surface area contributed by atoms with Crippen molar-refractivity contribution in [2.45, 2.75) is 24.3 Å². The molecule has 0 saturated carbocycles. The highest BCUT2D eigenvalue weighted by Crippen LogP contribution is 2.20. The van der Waals surface area contributed by atoms with Crippen LogP contribution in [-0.2, 0) is 24.3 Å². The summed E-state index contributed by atoms with van der Waals surface area (Å²) in [6.45, 7) is 1.19. The Balaban J connectivity index is 2.54. The molecular weight excluding hydrogens is 364 g/mol. The Morgan fingerprint density at radius 3 is 2.57 bits per heavy atom. The third kappa shape index (κ3) is 5.44. The molecule has 0 aliphatic rings. The summed E-state index contributed by atoms with van der Waals surface area (Å²) < 4.78 is 31.4. The van der Waals surface area contributed by atoms with Gasteiger partial charge in [0.1, 0.15) is 0 Å². The zero-order chi connectivity index (χ0) is 16.0. The fraction of sp³-hybridized carbons (Fsp3) is 0.333. The van der Waals surface area contributed by atoms with Gasteiger partial charge in [-0.2, -0.15) is 0 Å². The van der Waals surface area contributed by atoms with Crippen LogP contribution in [-0.4, -0.2) is 32.9 Å². The predicted octanol–water partition coefficient (Wildman–Crippen LogP) is 0.534. The van der Waals surface area contributed by atoms with E-state index in [0.29, 0.717) is 4.47 Å². The van der Waals surface area contributed by atoms with Gasteiger partial charge in [0, 0.05) is 11.0 Å². The molecule has 0 spiro atoms. The SMILES string of the molecule is C[C@@H](OC(=O)CCNS(=O)(=O)c1ccccc1Br)C(N)=O. The fourth-order valence-corrected chi connectivity index (χ4v) is 3.37. The van der Waals surface area contributed by atoms with Crippen molar-refractivity contribution in [2.75, 3.05) is 6.54 Å². The van der Waals surface area contributed by atoms with Crippen molar-refractivity contribution in [3.63, 3.8) is 0 Å². The maximum atomic E-state index is 12.0. The van der Waals surface area contributed by atoms with Crippen LogP contribution < -0.4 is 10.5 Å². The van der Waals surface area contributed by atoms with Gasteiger partial charge >= 0.3 is 5.97 Å². The number of amides is 1. The van der Waals surface area contributed by atoms with E-state index >= 15 is 0 Å². The Kier molecular flexibility index (Phi) is 6.31. The lowest BCUT2D eigenvalue weighted by molar-refractivity contribution is -0.153. The third-order valence-corrected chi connectivity index (χ3v) is 4.93. The van der Waals surface area contributed by atoms with E-state index in [2.05, 4.69) is 20.7 Å². The van der Waals surface area contributed by atoms with E-state index < -0.39 is 28.0 Å². The summed E-state index contributed by atoms with van der Waals surface area (Å²) in [5, 5.41) is 0. The molecule has 0 aromatic heterocycles. The van der Waals surface area contributed by atoms with Crippen LogP contribution in [0.25, 0.3) is 0 Å². The molecule has 1 amide bonds. The van der Waals surface area contributed by atoms with Crippen molar-refractivity contribution >= 4 is 37.8 Å². The zero-order valence-electron chi connectivity index (χ0n) is 11.2. The maximum absolute atomic E-state index is 12.0. The Morgan fingerprint density at radius 1 is 1.38 bits per heavy atom. The lowest BCUT2D eigenvalue weighted by Gasteiger charge is -2.10. The van der Waals surface area contributed by atoms with Crippen LogP contribution in [0.3, 0.4) is 0 Å². The van der Waals surface area contributed by atoms with Crippen LogP contribution in [0.4, 0.5) is 0 Å². The van der Waals surface area contributed by atoms with Crippen molar-refractivity contribution in [1.29, 1.82) is 0 Å². The molecule has 0 saturated heterocycles. The van der Waals surface area contributed by atoms with E-state index in [4.69, 9.17) is 10.5 Å². The number of nitrogens with one attached hydrogen (secondary N) is 1. The van der Waals surface area contributed by atoms with Crippen LogP contribution in [0.1, 0.15) is 13.3 Å². The van der Waals surface area contributed by atoms with Crippen molar-refractivity contribution in [3.8, 4) is 0 Å². The number of primary amides is 1. The van der Waals surface area contributed by atoms with Gasteiger partial charge in [-0.05, 0) is 35.0 Å². The van der Waals surface area contributed by atoms with Crippen LogP contribution in [0.15, 0.2) is 33.6 Å². The highest BCUT2D eigenvalue weighted by atomic mass is 79.9. The van der Waals surface area contributed by atoms with E-state index in [9.17, 15) is 18.0 Å². The number of nitrogens with two attached hydrogens (primary N) is 1. The molecule has 0 heterocycles. The smallest absolute Gasteiger partial charge is 0.307 e. The number of hydrogen-bond donors (Lipinski definition) is 2. The van der Waals surface area contributed by atoms with Gasteiger partial charge in [-0.15, -0.1) is 0 Å². The quantitative estimate of drug-likeness (QED) is 0.671. The second-order valence-corrected chi connectivity index (χ2v) is 6.70. The van der Waals surface area contributed by atoms with Crippen LogP contribution >= 0.6 is 15.9 Å². The molecular formula is C12H15BrN2O5S. The van der Waals surface area contributed by atoms with E-state index in [0.717, 1.165) is 0 Å². The molecule has 9 heteroatoms. The lowest BCUT2D eigenvalue weighted by atomic mass is 10.4. The van der Waals surface area contributed by atoms with Crippen molar-refractivity contribution in [1.82, 2.24) is 4.72 Å². The summed E-state index contributed by atoms with van der Waals surface area (Å²) in [6.07, 6.45) is -1.25. The maximum Gasteiger partial charge on any atom is 0.307 e. The second-order valence-electron chi connectivity index (χ2n) is 4.11. The number of halogens is 1. The predicted molar refractivity (Wildman–Crippen MR) is 78.7 cm³/mol. The number of benzene rings is 1. The summed E-state index contributed by atoms with van der Waals surface area (Å²) >= 11 is 3.14. The molecule has 1 atom stereocenters. The van der Waals surface area contributed by atoms with Gasteiger partial charge in [0.25, 0.3) is 5.91 Å². The first kappa shape index (κ1) is 17.6. The van der Waals surface area contributed by atoms with Crippen molar-refractivity contribution < 1.29 is 22.7 Å². The highest BCUT2D eigenvalue weighted by molar-refractivity contribution is 9.10. The van der Waals surface area contributed by atoms with Crippen LogP contribution in [0, 0.1) is 0 Å². The highest BCUT2D eigenvalue weighted by Gasteiger charge is 2.18. The van der Waals surface area contributed by atoms with Gasteiger partial charge in [0.2, 0.25) is 10.0 Å². The van der Waals surface area contributed by atoms with E-state index in [1.807, 2.05) is 0 Å². The number of carbonyl (C=O) groups is 2. The van der Waals surface area contributed by atoms with Crippen molar-refractivity contribution in [3.05, 3.63) is 28.7 Å². The number of ether oxygens (including phenoxy) is 1. The summed E-state index contributed by atoms with van der Waals surface area (Å²) in [6, 6.07) is 6.30. The summed E-state index contributed by atoms with van der Waals surface area (Å²) in [5.41, 5.74) is 4.94. The number of esters is 1. The van der Waals surface area contributed by atoms with Gasteiger partial charge in [0.15, 0.2) is 6.10 Å². The monoisotopic (exact) mass is 378 g/mol. The number of hydrogen-bond acceptors (Lipinski definition) is 5. The molecule has 0 radical (unpaired) electrons. The van der Waals surface area contributed by atoms with Gasteiger partial charge in [0.05, 0.1) is 11.3 Å². The van der Waals surface area contributed by atoms with E-state index in [-0.39, 0.29) is 17.9 Å². The number of rotatable bonds is 7. The zero-order valence-corrected chi connectivity index (χ0v) is 13.6. The molecule has 7 nitrogen and oxygen atoms in total. The minimum absolute atomic E-state index is 0.0730. The van der Waals surface area contributed by atoms with E-state index in [1.165, 1.54) is 13.0 Å². The van der Waals surface area contributed by atoms with E-state index in [1.54, 1.807) is 18.2 Å². The largest absolute Gasteiger partial charge is 0.453 e. The molecule has 0 bridgehead atoms. The molecule has 0 aliphatic carbocycles. The molecule has 3 N–H and O–H groups in total. The molecule has 0 unspecified atom stereocenters. The van der Waals surface area contributed by atoms with Crippen LogP contribution in [0.5, 0.6) is 0 Å². The molecule has 1 aromatic rings. The Hall–Kier alpha value is -1.45. The minimum atomic E-state index is -3.73. The Bertz CT molecular complexity index is 632. The average Bonchev–Trinajstić information content (AvgIpc) is 2.38. The number of carbonyl (C=O) groups excluding carboxylic acids is 2. The fourth-order valence-electron chi connectivity index (χ4n) is 1.34. The van der Waals surface area contributed by atoms with Gasteiger partial charge in [-0.25, -0.2) is 13.1 Å². The Morgan fingerprint density at radius 2 is 2.00 bits per heavy atom.